The summed E-state index contributed by atoms with van der Waals surface area (Å²) in [5, 5.41) is 16.3. The van der Waals surface area contributed by atoms with Crippen LogP contribution in [-0.2, 0) is 4.79 Å². The number of rotatable bonds is 2. The lowest BCUT2D eigenvalue weighted by Crippen LogP contribution is -2.23. The molecule has 3 rings (SSSR count). The monoisotopic (exact) mass is 273 g/mol. The first-order chi connectivity index (χ1) is 9.54. The lowest BCUT2D eigenvalue weighted by atomic mass is 10.0. The normalized spacial score (nSPS) is 17.1. The number of aryl methyl sites for hydroxylation is 1. The second-order valence-electron chi connectivity index (χ2n) is 4.63. The molecule has 0 saturated heterocycles. The van der Waals surface area contributed by atoms with E-state index < -0.39 is 12.0 Å². The number of aliphatic carboxylic acids is 1. The minimum absolute atomic E-state index is 0.0617. The van der Waals surface area contributed by atoms with Gasteiger partial charge in [-0.05, 0) is 30.7 Å². The molecule has 0 radical (unpaired) electrons. The topological polar surface area (TPSA) is 67.2 Å². The largest absolute Gasteiger partial charge is 0.477 e. The minimum Gasteiger partial charge on any atom is -0.477 e. The van der Waals surface area contributed by atoms with E-state index in [1.165, 1.54) is 18.2 Å². The standard InChI is InChI=1S/C14H12FN3O2/c1-8-5-13-16-11(14(19)20)7-12(18(13)17-8)9-3-2-4-10(15)6-9/h2-7,12,16H,1H3,(H,19,20). The summed E-state index contributed by atoms with van der Waals surface area (Å²) in [5.74, 6) is -0.843. The number of nitrogens with zero attached hydrogens (tertiary/aromatic N) is 2. The van der Waals surface area contributed by atoms with E-state index in [9.17, 15) is 9.18 Å². The van der Waals surface area contributed by atoms with Gasteiger partial charge >= 0.3 is 5.97 Å². The smallest absolute Gasteiger partial charge is 0.352 e. The van der Waals surface area contributed by atoms with Gasteiger partial charge < -0.3 is 10.4 Å². The number of nitrogens with one attached hydrogen (secondary N) is 1. The van der Waals surface area contributed by atoms with E-state index in [0.29, 0.717) is 11.4 Å². The zero-order valence-electron chi connectivity index (χ0n) is 10.7. The first-order valence-electron chi connectivity index (χ1n) is 6.08. The van der Waals surface area contributed by atoms with Crippen LogP contribution in [0.15, 0.2) is 42.1 Å². The fourth-order valence-corrected chi connectivity index (χ4v) is 2.28. The first kappa shape index (κ1) is 12.4. The predicted molar refractivity (Wildman–Crippen MR) is 70.8 cm³/mol. The van der Waals surface area contributed by atoms with E-state index in [1.54, 1.807) is 22.9 Å². The molecular weight excluding hydrogens is 261 g/mol. The lowest BCUT2D eigenvalue weighted by molar-refractivity contribution is -0.132. The highest BCUT2D eigenvalue weighted by Gasteiger charge is 2.25. The molecule has 0 bridgehead atoms. The Hall–Kier alpha value is -2.63. The average Bonchev–Trinajstić information content (AvgIpc) is 2.77. The van der Waals surface area contributed by atoms with Crippen molar-refractivity contribution >= 4 is 11.8 Å². The van der Waals surface area contributed by atoms with Crippen LogP contribution in [0.1, 0.15) is 17.3 Å². The average molecular weight is 273 g/mol. The zero-order valence-corrected chi connectivity index (χ0v) is 10.7. The molecule has 0 saturated carbocycles. The Morgan fingerprint density at radius 1 is 1.45 bits per heavy atom. The van der Waals surface area contributed by atoms with Crippen LogP contribution < -0.4 is 5.32 Å². The molecule has 1 unspecified atom stereocenters. The van der Waals surface area contributed by atoms with Gasteiger partial charge in [-0.1, -0.05) is 12.1 Å². The van der Waals surface area contributed by atoms with E-state index in [0.717, 1.165) is 5.69 Å². The fourth-order valence-electron chi connectivity index (χ4n) is 2.28. The van der Waals surface area contributed by atoms with Crippen LogP contribution in [0.4, 0.5) is 10.2 Å². The Bertz CT molecular complexity index is 721. The molecule has 1 atom stereocenters. The van der Waals surface area contributed by atoms with Gasteiger partial charge in [0, 0.05) is 6.07 Å². The van der Waals surface area contributed by atoms with Gasteiger partial charge in [0.1, 0.15) is 17.3 Å². The van der Waals surface area contributed by atoms with Gasteiger partial charge in [0.05, 0.1) is 11.7 Å². The molecule has 2 heterocycles. The van der Waals surface area contributed by atoms with Crippen LogP contribution in [0, 0.1) is 12.7 Å². The van der Waals surface area contributed by atoms with Crippen molar-refractivity contribution in [2.24, 2.45) is 0 Å². The molecule has 2 N–H and O–H groups in total. The maximum Gasteiger partial charge on any atom is 0.352 e. The summed E-state index contributed by atoms with van der Waals surface area (Å²) in [6, 6.07) is 7.38. The van der Waals surface area contributed by atoms with E-state index in [2.05, 4.69) is 10.4 Å². The molecule has 20 heavy (non-hydrogen) atoms. The number of halogens is 1. The Balaban J connectivity index is 2.14. The highest BCUT2D eigenvalue weighted by molar-refractivity contribution is 5.90. The SMILES string of the molecule is Cc1cc2n(n1)C(c1cccc(F)c1)C=C(C(=O)O)N2. The first-order valence-corrected chi connectivity index (χ1v) is 6.08. The summed E-state index contributed by atoms with van der Waals surface area (Å²) in [7, 11) is 0. The maximum absolute atomic E-state index is 13.4. The maximum atomic E-state index is 13.4. The molecule has 1 aromatic heterocycles. The third-order valence-corrected chi connectivity index (χ3v) is 3.13. The number of benzene rings is 1. The van der Waals surface area contributed by atoms with Crippen molar-refractivity contribution in [3.63, 3.8) is 0 Å². The van der Waals surface area contributed by atoms with Crippen LogP contribution in [0.2, 0.25) is 0 Å². The number of allylic oxidation sites excluding steroid dienone is 1. The molecule has 1 aliphatic heterocycles. The number of fused-ring (bicyclic) bond motifs is 1. The fraction of sp³-hybridized carbons (Fsp3) is 0.143. The molecule has 1 aromatic carbocycles. The summed E-state index contributed by atoms with van der Waals surface area (Å²) < 4.78 is 15.0. The van der Waals surface area contributed by atoms with E-state index in [4.69, 9.17) is 5.11 Å². The quantitative estimate of drug-likeness (QED) is 0.881. The van der Waals surface area contributed by atoms with Gasteiger partial charge in [0.25, 0.3) is 0 Å². The third-order valence-electron chi connectivity index (χ3n) is 3.13. The molecule has 5 nitrogen and oxygen atoms in total. The lowest BCUT2D eigenvalue weighted by Gasteiger charge is -2.23. The number of carboxylic acids is 1. The summed E-state index contributed by atoms with van der Waals surface area (Å²) in [6.07, 6.45) is 1.52. The van der Waals surface area contributed by atoms with Crippen LogP contribution in [0.5, 0.6) is 0 Å². The number of aromatic nitrogens is 2. The summed E-state index contributed by atoms with van der Waals surface area (Å²) in [4.78, 5) is 11.2. The summed E-state index contributed by atoms with van der Waals surface area (Å²) in [5.41, 5.74) is 1.47. The highest BCUT2D eigenvalue weighted by atomic mass is 19.1. The van der Waals surface area contributed by atoms with Gasteiger partial charge in [-0.15, -0.1) is 0 Å². The molecule has 2 aromatic rings. The second kappa shape index (κ2) is 4.48. The molecule has 0 spiro atoms. The Morgan fingerprint density at radius 3 is 2.95 bits per heavy atom. The summed E-state index contributed by atoms with van der Waals surface area (Å²) in [6.45, 7) is 1.82. The van der Waals surface area contributed by atoms with Crippen LogP contribution >= 0.6 is 0 Å². The molecule has 0 fully saturated rings. The Morgan fingerprint density at radius 2 is 2.25 bits per heavy atom. The van der Waals surface area contributed by atoms with E-state index in [-0.39, 0.29) is 11.5 Å². The van der Waals surface area contributed by atoms with Crippen LogP contribution in [0.25, 0.3) is 0 Å². The number of carboxylic acid groups (broad SMARTS) is 1. The molecule has 102 valence electrons. The van der Waals surface area contributed by atoms with Crippen LogP contribution in [-0.4, -0.2) is 20.9 Å². The molecule has 0 aliphatic carbocycles. The van der Waals surface area contributed by atoms with Crippen molar-refractivity contribution in [2.75, 3.05) is 5.32 Å². The molecular formula is C14H12FN3O2. The number of hydrogen-bond donors (Lipinski definition) is 2. The van der Waals surface area contributed by atoms with Gasteiger partial charge in [-0.3, -0.25) is 0 Å². The molecule has 0 amide bonds. The molecule has 6 heteroatoms. The molecule has 1 aliphatic rings. The van der Waals surface area contributed by atoms with Crippen LogP contribution in [0.3, 0.4) is 0 Å². The van der Waals surface area contributed by atoms with Crippen molar-refractivity contribution in [3.05, 3.63) is 59.2 Å². The third kappa shape index (κ3) is 2.05. The zero-order chi connectivity index (χ0) is 14.3. The van der Waals surface area contributed by atoms with Crippen molar-refractivity contribution in [3.8, 4) is 0 Å². The van der Waals surface area contributed by atoms with Crippen molar-refractivity contribution in [1.29, 1.82) is 0 Å². The number of carbonyl (C=O) groups is 1. The van der Waals surface area contributed by atoms with Crippen molar-refractivity contribution in [1.82, 2.24) is 9.78 Å². The van der Waals surface area contributed by atoms with E-state index >= 15 is 0 Å². The highest BCUT2D eigenvalue weighted by Crippen LogP contribution is 2.30. The number of anilines is 1. The van der Waals surface area contributed by atoms with Crippen molar-refractivity contribution in [2.45, 2.75) is 13.0 Å². The number of hydrogen-bond acceptors (Lipinski definition) is 3. The van der Waals surface area contributed by atoms with Gasteiger partial charge in [-0.2, -0.15) is 5.10 Å². The Kier molecular flexibility index (Phi) is 2.78. The summed E-state index contributed by atoms with van der Waals surface area (Å²) >= 11 is 0. The van der Waals surface area contributed by atoms with Gasteiger partial charge in [-0.25, -0.2) is 13.9 Å². The van der Waals surface area contributed by atoms with Crippen molar-refractivity contribution < 1.29 is 14.3 Å². The van der Waals surface area contributed by atoms with Gasteiger partial charge in [0.2, 0.25) is 0 Å². The minimum atomic E-state index is -1.06. The van der Waals surface area contributed by atoms with Gasteiger partial charge in [0.15, 0.2) is 0 Å². The second-order valence-corrected chi connectivity index (χ2v) is 4.63. The predicted octanol–water partition coefficient (Wildman–Crippen LogP) is 2.31. The van der Waals surface area contributed by atoms with E-state index in [1.807, 2.05) is 6.92 Å². The Labute approximate surface area is 114 Å².